The number of non-ortho nitro benzene ring substituents is 1. The third kappa shape index (κ3) is 7.80. The summed E-state index contributed by atoms with van der Waals surface area (Å²) < 4.78 is 35.7. The van der Waals surface area contributed by atoms with Gasteiger partial charge in [0.15, 0.2) is 0 Å². The number of aromatic nitrogens is 2. The van der Waals surface area contributed by atoms with Gasteiger partial charge >= 0.3 is 0 Å². The second-order valence-corrected chi connectivity index (χ2v) is 14.2. The average Bonchev–Trinajstić information content (AvgIpc) is 3.50. The van der Waals surface area contributed by atoms with E-state index < -0.39 is 36.7 Å². The number of sulfone groups is 1. The molecule has 0 bridgehead atoms. The van der Waals surface area contributed by atoms with Crippen LogP contribution in [-0.2, 0) is 34.2 Å². The molecule has 0 radical (unpaired) electrons. The zero-order valence-corrected chi connectivity index (χ0v) is 28.7. The summed E-state index contributed by atoms with van der Waals surface area (Å²) in [4.78, 5) is 42.3. The lowest BCUT2D eigenvalue weighted by molar-refractivity contribution is -0.384. The Morgan fingerprint density at radius 1 is 0.860 bits per heavy atom. The molecule has 6 rings (SSSR count). The van der Waals surface area contributed by atoms with Crippen LogP contribution in [0.15, 0.2) is 137 Å². The van der Waals surface area contributed by atoms with Crippen LogP contribution in [-0.4, -0.2) is 40.0 Å². The van der Waals surface area contributed by atoms with Crippen molar-refractivity contribution in [3.8, 4) is 5.75 Å². The summed E-state index contributed by atoms with van der Waals surface area (Å²) >= 11 is 3.43. The van der Waals surface area contributed by atoms with Crippen LogP contribution in [0.5, 0.6) is 5.75 Å². The fraction of sp³-hybridized carbons (Fsp3) is 0.108. The first-order valence-corrected chi connectivity index (χ1v) is 17.6. The van der Waals surface area contributed by atoms with Crippen LogP contribution in [0.25, 0.3) is 11.0 Å². The highest BCUT2D eigenvalue weighted by Crippen LogP contribution is 2.24. The van der Waals surface area contributed by atoms with E-state index in [1.165, 1.54) is 0 Å². The number of nitro groups is 1. The number of rotatable bonds is 12. The molecule has 6 aromatic rings. The van der Waals surface area contributed by atoms with E-state index in [1.807, 2.05) is 59.2 Å². The molecule has 2 aromatic heterocycles. The summed E-state index contributed by atoms with van der Waals surface area (Å²) in [6.45, 7) is 0.749. The SMILES string of the molecule is O=C(N[C@@H](Cc1ccc(OCc2ccccc2)cc1)C(=O)S(=O)(=O)c1ccc([N+](=O)[O-])cc1)c1cn(Cc2ccc(Br)cc2)c2ncccc12. The summed E-state index contributed by atoms with van der Waals surface area (Å²) in [5, 5.41) is 13.1. The number of halogens is 1. The minimum Gasteiger partial charge on any atom is -0.489 e. The van der Waals surface area contributed by atoms with Gasteiger partial charge in [-0.25, -0.2) is 13.4 Å². The number of carbonyl (C=O) groups excluding carboxylic acids is 2. The first-order chi connectivity index (χ1) is 24.1. The minimum absolute atomic E-state index is 0.161. The van der Waals surface area contributed by atoms with Crippen molar-refractivity contribution >= 4 is 53.5 Å². The predicted octanol–water partition coefficient (Wildman–Crippen LogP) is 6.68. The van der Waals surface area contributed by atoms with Crippen LogP contribution in [0.1, 0.15) is 27.0 Å². The Kier molecular flexibility index (Phi) is 10.2. The Labute approximate surface area is 295 Å². The quantitative estimate of drug-likeness (QED) is 0.108. The Morgan fingerprint density at radius 3 is 2.22 bits per heavy atom. The van der Waals surface area contributed by atoms with E-state index in [0.29, 0.717) is 35.5 Å². The van der Waals surface area contributed by atoms with Gasteiger partial charge in [-0.2, -0.15) is 0 Å². The third-order valence-corrected chi connectivity index (χ3v) is 10.2. The first-order valence-electron chi connectivity index (χ1n) is 15.4. The second kappa shape index (κ2) is 14.8. The molecule has 1 atom stereocenters. The molecular weight excluding hydrogens is 724 g/mol. The summed E-state index contributed by atoms with van der Waals surface area (Å²) in [6, 6.07) is 30.0. The van der Waals surface area contributed by atoms with Crippen LogP contribution >= 0.6 is 15.9 Å². The topological polar surface area (TPSA) is 150 Å². The average molecular weight is 754 g/mol. The molecule has 0 unspecified atom stereocenters. The summed E-state index contributed by atoms with van der Waals surface area (Å²) in [5.41, 5.74) is 2.92. The highest BCUT2D eigenvalue weighted by Gasteiger charge is 2.35. The lowest BCUT2D eigenvalue weighted by atomic mass is 10.1. The zero-order valence-electron chi connectivity index (χ0n) is 26.3. The molecule has 4 aromatic carbocycles. The molecule has 1 amide bonds. The molecule has 0 fully saturated rings. The predicted molar refractivity (Wildman–Crippen MR) is 190 cm³/mol. The van der Waals surface area contributed by atoms with Gasteiger partial charge in [-0.05, 0) is 65.2 Å². The molecule has 252 valence electrons. The van der Waals surface area contributed by atoms with E-state index in [9.17, 15) is 28.1 Å². The van der Waals surface area contributed by atoms with Gasteiger partial charge < -0.3 is 14.6 Å². The summed E-state index contributed by atoms with van der Waals surface area (Å²) in [7, 11) is -4.68. The molecule has 0 spiro atoms. The zero-order chi connectivity index (χ0) is 35.3. The number of pyridine rings is 1. The fourth-order valence-corrected chi connectivity index (χ4v) is 6.90. The van der Waals surface area contributed by atoms with Gasteiger partial charge in [-0.3, -0.25) is 19.7 Å². The number of hydrogen-bond donors (Lipinski definition) is 1. The van der Waals surface area contributed by atoms with E-state index in [1.54, 1.807) is 48.8 Å². The maximum Gasteiger partial charge on any atom is 0.273 e. The van der Waals surface area contributed by atoms with Crippen molar-refractivity contribution in [1.29, 1.82) is 0 Å². The number of ether oxygens (including phenoxy) is 1. The maximum atomic E-state index is 13.9. The molecule has 0 aliphatic heterocycles. The third-order valence-electron chi connectivity index (χ3n) is 7.97. The number of fused-ring (bicyclic) bond motifs is 1. The van der Waals surface area contributed by atoms with E-state index in [2.05, 4.69) is 26.2 Å². The normalized spacial score (nSPS) is 11.9. The van der Waals surface area contributed by atoms with Crippen molar-refractivity contribution in [2.45, 2.75) is 30.5 Å². The standard InChI is InChI=1S/C37H29BrN4O7S/c38-28-12-8-26(9-13-28)22-41-23-33(32-7-4-20-39-35(32)41)36(43)40-34(37(44)50(47,48)31-18-14-29(15-19-31)42(45)46)21-25-10-16-30(17-11-25)49-24-27-5-2-1-3-6-27/h1-20,23,34H,21-22,24H2,(H,40,43)/t34-/m0/s1. The van der Waals surface area contributed by atoms with Crippen LogP contribution in [0, 0.1) is 10.1 Å². The van der Waals surface area contributed by atoms with Crippen LogP contribution in [0.4, 0.5) is 5.69 Å². The van der Waals surface area contributed by atoms with E-state index in [4.69, 9.17) is 4.74 Å². The number of nitrogens with zero attached hydrogens (tertiary/aromatic N) is 3. The van der Waals surface area contributed by atoms with Gasteiger partial charge in [0.25, 0.3) is 16.7 Å². The van der Waals surface area contributed by atoms with Gasteiger partial charge in [-0.1, -0.05) is 70.5 Å². The smallest absolute Gasteiger partial charge is 0.273 e. The number of nitrogens with one attached hydrogen (secondary N) is 1. The van der Waals surface area contributed by atoms with Crippen molar-refractivity contribution in [3.05, 3.63) is 164 Å². The van der Waals surface area contributed by atoms with Gasteiger partial charge in [-0.15, -0.1) is 0 Å². The van der Waals surface area contributed by atoms with Crippen LogP contribution in [0.2, 0.25) is 0 Å². The Bertz CT molecular complexity index is 2280. The van der Waals surface area contributed by atoms with Crippen molar-refractivity contribution in [1.82, 2.24) is 14.9 Å². The molecule has 0 saturated carbocycles. The highest BCUT2D eigenvalue weighted by atomic mass is 79.9. The molecule has 2 heterocycles. The molecule has 0 aliphatic rings. The van der Waals surface area contributed by atoms with E-state index in [0.717, 1.165) is 39.9 Å². The van der Waals surface area contributed by atoms with E-state index >= 15 is 0 Å². The molecule has 11 nitrogen and oxygen atoms in total. The molecule has 13 heteroatoms. The Balaban J connectivity index is 1.29. The number of benzene rings is 4. The molecule has 0 saturated heterocycles. The van der Waals surface area contributed by atoms with Crippen molar-refractivity contribution < 1.29 is 27.7 Å². The summed E-state index contributed by atoms with van der Waals surface area (Å²) in [5.74, 6) is -0.105. The molecular formula is C37H29BrN4O7S. The monoisotopic (exact) mass is 752 g/mol. The number of hydrogen-bond acceptors (Lipinski definition) is 8. The number of amides is 1. The van der Waals surface area contributed by atoms with Crippen LogP contribution < -0.4 is 10.1 Å². The Morgan fingerprint density at radius 2 is 1.54 bits per heavy atom. The van der Waals surface area contributed by atoms with E-state index in [-0.39, 0.29) is 17.7 Å². The lowest BCUT2D eigenvalue weighted by Gasteiger charge is -2.18. The van der Waals surface area contributed by atoms with Crippen LogP contribution in [0.3, 0.4) is 0 Å². The van der Waals surface area contributed by atoms with Gasteiger partial charge in [0.1, 0.15) is 24.0 Å². The molecule has 1 N–H and O–H groups in total. The second-order valence-electron chi connectivity index (χ2n) is 11.4. The summed E-state index contributed by atoms with van der Waals surface area (Å²) in [6.07, 6.45) is 3.07. The molecule has 50 heavy (non-hydrogen) atoms. The van der Waals surface area contributed by atoms with Crippen molar-refractivity contribution in [2.75, 3.05) is 0 Å². The highest BCUT2D eigenvalue weighted by molar-refractivity contribution is 9.10. The van der Waals surface area contributed by atoms with Gasteiger partial charge in [0, 0.05) is 47.4 Å². The number of nitro benzene ring substituents is 1. The maximum absolute atomic E-state index is 13.9. The minimum atomic E-state index is -4.68. The fourth-order valence-electron chi connectivity index (χ4n) is 5.39. The lowest BCUT2D eigenvalue weighted by Crippen LogP contribution is -2.45. The number of carbonyl (C=O) groups is 2. The van der Waals surface area contributed by atoms with Crippen molar-refractivity contribution in [3.63, 3.8) is 0 Å². The molecule has 0 aliphatic carbocycles. The van der Waals surface area contributed by atoms with Crippen molar-refractivity contribution in [2.24, 2.45) is 0 Å². The van der Waals surface area contributed by atoms with Gasteiger partial charge in [0.2, 0.25) is 9.84 Å². The van der Waals surface area contributed by atoms with Gasteiger partial charge in [0.05, 0.1) is 15.4 Å². The first kappa shape index (κ1) is 34.2. The largest absolute Gasteiger partial charge is 0.489 e. The Hall–Kier alpha value is -5.66.